The summed E-state index contributed by atoms with van der Waals surface area (Å²) in [5, 5.41) is 18.1. The number of anilines is 1. The van der Waals surface area contributed by atoms with Crippen LogP contribution in [0.15, 0.2) is 42.5 Å². The van der Waals surface area contributed by atoms with E-state index in [1.807, 2.05) is 0 Å². The molecule has 11 heteroatoms. The number of carbonyl (C=O) groups excluding carboxylic acids is 2. The van der Waals surface area contributed by atoms with Crippen LogP contribution in [0.25, 0.3) is 0 Å². The summed E-state index contributed by atoms with van der Waals surface area (Å²) in [6.45, 7) is 1.85. The number of nitrogens with zero attached hydrogens (tertiary/aromatic N) is 2. The highest BCUT2D eigenvalue weighted by Gasteiger charge is 2.73. The van der Waals surface area contributed by atoms with E-state index in [0.717, 1.165) is 11.0 Å². The molecule has 0 spiro atoms. The van der Waals surface area contributed by atoms with Crippen LogP contribution in [0.1, 0.15) is 47.7 Å². The number of ether oxygens (including phenoxy) is 2. The lowest BCUT2D eigenvalue weighted by atomic mass is 9.67. The largest absolute Gasteiger partial charge is 0.493 e. The van der Waals surface area contributed by atoms with E-state index < -0.39 is 58.1 Å². The van der Waals surface area contributed by atoms with Crippen LogP contribution in [0.3, 0.4) is 0 Å². The van der Waals surface area contributed by atoms with Gasteiger partial charge in [-0.3, -0.25) is 9.59 Å². The Balaban J connectivity index is 1.40. The lowest BCUT2D eigenvalue weighted by molar-refractivity contribution is -0.138. The zero-order chi connectivity index (χ0) is 26.8. The van der Waals surface area contributed by atoms with Crippen LogP contribution in [-0.4, -0.2) is 40.7 Å². The van der Waals surface area contributed by atoms with Gasteiger partial charge >= 0.3 is 12.1 Å². The molecule has 3 saturated heterocycles. The Morgan fingerprint density at radius 3 is 2.46 bits per heavy atom. The van der Waals surface area contributed by atoms with Gasteiger partial charge < -0.3 is 14.6 Å². The molecule has 4 unspecified atom stereocenters. The molecule has 1 N–H and O–H groups in total. The number of hydrogen-bond acceptors (Lipinski definition) is 6. The van der Waals surface area contributed by atoms with Gasteiger partial charge in [0.25, 0.3) is 0 Å². The van der Waals surface area contributed by atoms with Crippen molar-refractivity contribution < 1.29 is 42.1 Å². The first-order valence-electron chi connectivity index (χ1n) is 11.6. The third-order valence-electron chi connectivity index (χ3n) is 7.59. The van der Waals surface area contributed by atoms with Crippen molar-refractivity contribution in [2.45, 2.75) is 43.6 Å². The van der Waals surface area contributed by atoms with Crippen molar-refractivity contribution in [3.8, 4) is 11.8 Å². The first-order valence-corrected chi connectivity index (χ1v) is 11.6. The number of amides is 2. The Labute approximate surface area is 209 Å². The van der Waals surface area contributed by atoms with Gasteiger partial charge in [-0.15, -0.1) is 0 Å². The molecule has 37 heavy (non-hydrogen) atoms. The Morgan fingerprint density at radius 1 is 1.16 bits per heavy atom. The van der Waals surface area contributed by atoms with Crippen molar-refractivity contribution in [2.24, 2.45) is 11.8 Å². The molecular formula is C26H21F3N2O6. The van der Waals surface area contributed by atoms with E-state index in [4.69, 9.17) is 19.8 Å². The van der Waals surface area contributed by atoms with Gasteiger partial charge in [-0.2, -0.15) is 18.4 Å². The molecule has 0 saturated carbocycles. The molecule has 8 nitrogen and oxygen atoms in total. The highest BCUT2D eigenvalue weighted by molar-refractivity contribution is 6.23. The van der Waals surface area contributed by atoms with Crippen molar-refractivity contribution in [1.82, 2.24) is 0 Å². The Kier molecular flexibility index (Phi) is 5.56. The normalized spacial score (nSPS) is 28.4. The molecule has 2 aromatic rings. The number of carboxylic acid groups (broad SMARTS) is 1. The minimum Gasteiger partial charge on any atom is -0.493 e. The number of aromatic carboxylic acids is 1. The van der Waals surface area contributed by atoms with Crippen LogP contribution in [0.5, 0.6) is 5.75 Å². The summed E-state index contributed by atoms with van der Waals surface area (Å²) in [5.41, 5.74) is -3.92. The average Bonchev–Trinajstić information content (AvgIpc) is 3.43. The minimum absolute atomic E-state index is 0.103. The summed E-state index contributed by atoms with van der Waals surface area (Å²) in [7, 11) is 0. The third kappa shape index (κ3) is 3.83. The van der Waals surface area contributed by atoms with Crippen LogP contribution in [0.4, 0.5) is 18.9 Å². The molecule has 2 amide bonds. The summed E-state index contributed by atoms with van der Waals surface area (Å²) in [6.07, 6.45) is -3.62. The Morgan fingerprint density at radius 2 is 1.84 bits per heavy atom. The van der Waals surface area contributed by atoms with Crippen LogP contribution in [0.2, 0.25) is 0 Å². The van der Waals surface area contributed by atoms with Crippen LogP contribution < -0.4 is 9.64 Å². The number of halogens is 3. The van der Waals surface area contributed by atoms with Crippen molar-refractivity contribution in [1.29, 1.82) is 5.26 Å². The lowest BCUT2D eigenvalue weighted by Crippen LogP contribution is -2.43. The minimum atomic E-state index is -4.84. The maximum Gasteiger partial charge on any atom is 0.417 e. The topological polar surface area (TPSA) is 117 Å². The SMILES string of the molecule is CC12CCC(CCOc3ccc(C(=O)O)cc3)(O1)C1C(=O)N(c3ccc(C#N)c(C(F)(F)F)c3)C(=O)C12. The smallest absolute Gasteiger partial charge is 0.417 e. The monoisotopic (exact) mass is 514 g/mol. The van der Waals surface area contributed by atoms with Gasteiger partial charge in [0, 0.05) is 6.42 Å². The number of fused-ring (bicyclic) bond motifs is 5. The maximum absolute atomic E-state index is 13.6. The van der Waals surface area contributed by atoms with Gasteiger partial charge in [-0.05, 0) is 62.2 Å². The summed E-state index contributed by atoms with van der Waals surface area (Å²) in [6, 6.07) is 10.1. The number of benzene rings is 2. The van der Waals surface area contributed by atoms with Crippen molar-refractivity contribution >= 4 is 23.5 Å². The molecule has 3 fully saturated rings. The maximum atomic E-state index is 13.6. The highest BCUT2D eigenvalue weighted by Crippen LogP contribution is 2.62. The van der Waals surface area contributed by atoms with Gasteiger partial charge in [0.15, 0.2) is 0 Å². The molecule has 3 aliphatic heterocycles. The fourth-order valence-electron chi connectivity index (χ4n) is 5.90. The molecule has 2 aromatic carbocycles. The second-order valence-electron chi connectivity index (χ2n) is 9.71. The number of carbonyl (C=O) groups is 3. The summed E-state index contributed by atoms with van der Waals surface area (Å²) in [4.78, 5) is 38.8. The number of nitriles is 1. The molecule has 5 rings (SSSR count). The third-order valence-corrected chi connectivity index (χ3v) is 7.59. The predicted octanol–water partition coefficient (Wildman–Crippen LogP) is 4.17. The molecular weight excluding hydrogens is 493 g/mol. The van der Waals surface area contributed by atoms with Gasteiger partial charge in [0.05, 0.1) is 58.1 Å². The van der Waals surface area contributed by atoms with Crippen LogP contribution in [-0.2, 0) is 20.5 Å². The number of alkyl halides is 3. The molecule has 3 heterocycles. The van der Waals surface area contributed by atoms with E-state index >= 15 is 0 Å². The number of rotatable bonds is 6. The average molecular weight is 514 g/mol. The van der Waals surface area contributed by atoms with Crippen molar-refractivity contribution in [3.05, 3.63) is 59.2 Å². The van der Waals surface area contributed by atoms with Gasteiger partial charge in [0.2, 0.25) is 11.8 Å². The van der Waals surface area contributed by atoms with Crippen LogP contribution >= 0.6 is 0 Å². The fourth-order valence-corrected chi connectivity index (χ4v) is 5.90. The second kappa shape index (κ2) is 8.31. The van der Waals surface area contributed by atoms with E-state index in [0.29, 0.717) is 24.7 Å². The first-order chi connectivity index (χ1) is 17.4. The van der Waals surface area contributed by atoms with Crippen molar-refractivity contribution in [2.75, 3.05) is 11.5 Å². The van der Waals surface area contributed by atoms with Gasteiger partial charge in [-0.1, -0.05) is 0 Å². The Hall–Kier alpha value is -3.91. The molecule has 0 radical (unpaired) electrons. The second-order valence-corrected chi connectivity index (χ2v) is 9.71. The molecule has 2 bridgehead atoms. The fraction of sp³-hybridized carbons (Fsp3) is 0.385. The summed E-state index contributed by atoms with van der Waals surface area (Å²) in [5.74, 6) is -3.65. The van der Waals surface area contributed by atoms with E-state index in [1.54, 1.807) is 6.92 Å². The molecule has 3 aliphatic rings. The summed E-state index contributed by atoms with van der Waals surface area (Å²) < 4.78 is 52.6. The zero-order valence-electron chi connectivity index (χ0n) is 19.5. The van der Waals surface area contributed by atoms with Crippen molar-refractivity contribution in [3.63, 3.8) is 0 Å². The lowest BCUT2D eigenvalue weighted by Gasteiger charge is -2.31. The van der Waals surface area contributed by atoms with Crippen LogP contribution in [0, 0.1) is 23.2 Å². The van der Waals surface area contributed by atoms with Gasteiger partial charge in [-0.25, -0.2) is 9.69 Å². The van der Waals surface area contributed by atoms with E-state index in [1.165, 1.54) is 36.4 Å². The number of imide groups is 1. The summed E-state index contributed by atoms with van der Waals surface area (Å²) >= 11 is 0. The highest BCUT2D eigenvalue weighted by atomic mass is 19.4. The van der Waals surface area contributed by atoms with E-state index in [9.17, 15) is 27.6 Å². The molecule has 0 aliphatic carbocycles. The quantitative estimate of drug-likeness (QED) is 0.575. The Bertz CT molecular complexity index is 1350. The standard InChI is InChI=1S/C26H21F3N2O6/c1-24-8-9-25(37-24,10-11-36-17-6-3-14(4-7-17)23(34)35)20-19(24)21(32)31(22(20)33)16-5-2-15(13-30)18(12-16)26(27,28)29/h2-7,12,19-20H,8-11H2,1H3,(H,34,35). The molecule has 4 atom stereocenters. The number of carboxylic acids is 1. The van der Waals surface area contributed by atoms with E-state index in [-0.39, 0.29) is 24.3 Å². The zero-order valence-corrected chi connectivity index (χ0v) is 19.5. The molecule has 192 valence electrons. The molecule has 0 aromatic heterocycles. The van der Waals surface area contributed by atoms with Gasteiger partial charge in [0.1, 0.15) is 5.75 Å². The first kappa shape index (κ1) is 24.8. The number of hydrogen-bond donors (Lipinski definition) is 1. The predicted molar refractivity (Wildman–Crippen MR) is 121 cm³/mol. The van der Waals surface area contributed by atoms with E-state index in [2.05, 4.69) is 0 Å².